The number of carbonyl (C=O) groups excluding carboxylic acids is 1. The van der Waals surface area contributed by atoms with Gasteiger partial charge in [-0.05, 0) is 68.4 Å². The maximum absolute atomic E-state index is 12.2. The van der Waals surface area contributed by atoms with E-state index in [4.69, 9.17) is 11.5 Å². The van der Waals surface area contributed by atoms with Crippen LogP contribution in [0.4, 0.5) is 11.6 Å². The minimum Gasteiger partial charge on any atom is -0.506 e. The third-order valence-corrected chi connectivity index (χ3v) is 5.93. The third kappa shape index (κ3) is 7.58. The predicted molar refractivity (Wildman–Crippen MR) is 135 cm³/mol. The molecular weight excluding hydrogens is 542 g/mol. The largest absolute Gasteiger partial charge is 0.506 e. The number of carbonyl (C=O) groups is 1. The van der Waals surface area contributed by atoms with Crippen LogP contribution >= 0.6 is 31.9 Å². The summed E-state index contributed by atoms with van der Waals surface area (Å²) < 4.78 is 0.998. The van der Waals surface area contributed by atoms with Crippen molar-refractivity contribution in [2.75, 3.05) is 37.6 Å². The number of nitrogen functional groups attached to an aromatic ring is 2. The van der Waals surface area contributed by atoms with E-state index in [1.807, 2.05) is 12.1 Å². The number of phenolic OH excluding ortho intramolecular Hbond substituents is 1. The highest BCUT2D eigenvalue weighted by Gasteiger charge is 2.18. The van der Waals surface area contributed by atoms with Gasteiger partial charge in [0.25, 0.3) is 5.91 Å². The molecule has 0 atom stereocenters. The van der Waals surface area contributed by atoms with Gasteiger partial charge in [-0.2, -0.15) is 0 Å². The Labute approximate surface area is 205 Å². The lowest BCUT2D eigenvalue weighted by Crippen LogP contribution is -2.34. The Morgan fingerprint density at radius 2 is 1.72 bits per heavy atom. The molecule has 0 spiro atoms. The lowest BCUT2D eigenvalue weighted by atomic mass is 9.86. The van der Waals surface area contributed by atoms with Gasteiger partial charge in [0.05, 0.1) is 4.47 Å². The molecule has 0 fully saturated rings. The number of halogens is 2. The normalized spacial score (nSPS) is 11.5. The Bertz CT molecular complexity index is 949. The minimum atomic E-state index is -0.400. The van der Waals surface area contributed by atoms with Crippen molar-refractivity contribution < 1.29 is 9.90 Å². The summed E-state index contributed by atoms with van der Waals surface area (Å²) in [6, 6.07) is 4.01. The summed E-state index contributed by atoms with van der Waals surface area (Å²) in [6.07, 6.45) is 0.901. The van der Waals surface area contributed by atoms with E-state index < -0.39 is 5.91 Å². The quantitative estimate of drug-likeness (QED) is 0.238. The molecule has 0 aliphatic heterocycles. The fourth-order valence-electron chi connectivity index (χ4n) is 2.87. The Hall–Kier alpha value is -1.95. The Morgan fingerprint density at radius 3 is 2.41 bits per heavy atom. The zero-order chi connectivity index (χ0) is 23.9. The van der Waals surface area contributed by atoms with Crippen molar-refractivity contribution in [3.05, 3.63) is 38.0 Å². The lowest BCUT2D eigenvalue weighted by molar-refractivity contribution is 0.0949. The summed E-state index contributed by atoms with van der Waals surface area (Å²) in [5.74, 6) is 0.00728. The van der Waals surface area contributed by atoms with E-state index in [0.29, 0.717) is 24.1 Å². The molecule has 0 radical (unpaired) electrons. The van der Waals surface area contributed by atoms with Gasteiger partial charge >= 0.3 is 0 Å². The number of nitrogens with one attached hydrogen (secondary N) is 3. The standard InChI is InChI=1S/C21H31Br2N7O2/c1-21(2,3)13-9-12(16(31)14(22)10-13)11-27-6-4-5-26-7-8-28-20(32)15-18(24)30-19(25)17(23)29-15/h9-10,26-27,31H,4-8,11H2,1-3H3,(H,28,32)(H4,24,25,30). The second-order valence-electron chi connectivity index (χ2n) is 8.39. The predicted octanol–water partition coefficient (Wildman–Crippen LogP) is 2.67. The van der Waals surface area contributed by atoms with E-state index in [0.717, 1.165) is 25.1 Å². The first kappa shape index (κ1) is 26.3. The second-order valence-corrected chi connectivity index (χ2v) is 9.99. The summed E-state index contributed by atoms with van der Waals surface area (Å²) in [4.78, 5) is 20.1. The van der Waals surface area contributed by atoms with Gasteiger partial charge in [-0.1, -0.05) is 26.8 Å². The average molecular weight is 573 g/mol. The number of nitrogens with two attached hydrogens (primary N) is 2. The summed E-state index contributed by atoms with van der Waals surface area (Å²) in [6.45, 7) is 9.64. The lowest BCUT2D eigenvalue weighted by Gasteiger charge is -2.21. The van der Waals surface area contributed by atoms with Crippen LogP contribution in [0.5, 0.6) is 5.75 Å². The number of anilines is 2. The number of aromatic nitrogens is 2. The zero-order valence-corrected chi connectivity index (χ0v) is 21.7. The molecule has 0 unspecified atom stereocenters. The molecule has 1 aromatic carbocycles. The number of phenols is 1. The SMILES string of the molecule is CC(C)(C)c1cc(Br)c(O)c(CNCCCNCCNC(=O)c2nc(Br)c(N)nc2N)c1. The van der Waals surface area contributed by atoms with Crippen LogP contribution in [0.2, 0.25) is 0 Å². The molecule has 1 aromatic heterocycles. The molecule has 1 heterocycles. The number of rotatable bonds is 10. The molecule has 8 N–H and O–H groups in total. The zero-order valence-electron chi connectivity index (χ0n) is 18.6. The van der Waals surface area contributed by atoms with Crippen molar-refractivity contribution in [3.8, 4) is 5.75 Å². The van der Waals surface area contributed by atoms with Gasteiger partial charge in [0, 0.05) is 25.2 Å². The van der Waals surface area contributed by atoms with Gasteiger partial charge in [0.1, 0.15) is 10.4 Å². The first-order valence-corrected chi connectivity index (χ1v) is 11.9. The first-order chi connectivity index (χ1) is 15.0. The Kier molecular flexibility index (Phi) is 9.68. The highest BCUT2D eigenvalue weighted by Crippen LogP contribution is 2.34. The molecule has 0 aliphatic carbocycles. The van der Waals surface area contributed by atoms with E-state index in [2.05, 4.69) is 78.5 Å². The van der Waals surface area contributed by atoms with Crippen LogP contribution in [0.25, 0.3) is 0 Å². The summed E-state index contributed by atoms with van der Waals surface area (Å²) in [7, 11) is 0. The van der Waals surface area contributed by atoms with Crippen LogP contribution in [0.15, 0.2) is 21.2 Å². The number of hydrogen-bond acceptors (Lipinski definition) is 8. The topological polar surface area (TPSA) is 151 Å². The van der Waals surface area contributed by atoms with E-state index in [-0.39, 0.29) is 33.1 Å². The maximum Gasteiger partial charge on any atom is 0.273 e. The summed E-state index contributed by atoms with van der Waals surface area (Å²) in [5.41, 5.74) is 13.4. The number of benzene rings is 1. The van der Waals surface area contributed by atoms with Crippen molar-refractivity contribution in [3.63, 3.8) is 0 Å². The molecule has 32 heavy (non-hydrogen) atoms. The van der Waals surface area contributed by atoms with Crippen LogP contribution in [0, 0.1) is 0 Å². The van der Waals surface area contributed by atoms with E-state index >= 15 is 0 Å². The minimum absolute atomic E-state index is 0.00617. The first-order valence-electron chi connectivity index (χ1n) is 10.3. The smallest absolute Gasteiger partial charge is 0.273 e. The summed E-state index contributed by atoms with van der Waals surface area (Å²) >= 11 is 6.58. The third-order valence-electron chi connectivity index (χ3n) is 4.74. The number of hydrogen-bond donors (Lipinski definition) is 6. The monoisotopic (exact) mass is 571 g/mol. The van der Waals surface area contributed by atoms with Crippen LogP contribution in [-0.2, 0) is 12.0 Å². The van der Waals surface area contributed by atoms with Crippen molar-refractivity contribution >= 4 is 49.4 Å². The second kappa shape index (κ2) is 11.8. The average Bonchev–Trinajstić information content (AvgIpc) is 2.71. The number of amides is 1. The van der Waals surface area contributed by atoms with Crippen LogP contribution in [0.3, 0.4) is 0 Å². The van der Waals surface area contributed by atoms with Gasteiger partial charge in [-0.3, -0.25) is 4.79 Å². The highest BCUT2D eigenvalue weighted by atomic mass is 79.9. The van der Waals surface area contributed by atoms with Crippen molar-refractivity contribution in [2.45, 2.75) is 39.2 Å². The summed E-state index contributed by atoms with van der Waals surface area (Å²) in [5, 5.41) is 19.7. The van der Waals surface area contributed by atoms with Gasteiger partial charge in [-0.25, -0.2) is 9.97 Å². The fourth-order valence-corrected chi connectivity index (χ4v) is 3.63. The fraction of sp³-hybridized carbons (Fsp3) is 0.476. The molecule has 0 saturated carbocycles. The molecular formula is C21H31Br2N7O2. The molecule has 2 aromatic rings. The Morgan fingerprint density at radius 1 is 1.03 bits per heavy atom. The molecule has 0 bridgehead atoms. The van der Waals surface area contributed by atoms with E-state index in [1.54, 1.807) is 0 Å². The van der Waals surface area contributed by atoms with Gasteiger partial charge in [-0.15, -0.1) is 0 Å². The molecule has 0 saturated heterocycles. The van der Waals surface area contributed by atoms with E-state index in [1.165, 1.54) is 5.56 Å². The number of nitrogens with zero attached hydrogens (tertiary/aromatic N) is 2. The van der Waals surface area contributed by atoms with Crippen molar-refractivity contribution in [2.24, 2.45) is 0 Å². The van der Waals surface area contributed by atoms with Crippen LogP contribution in [0.1, 0.15) is 48.8 Å². The molecule has 176 valence electrons. The molecule has 11 heteroatoms. The molecule has 1 amide bonds. The van der Waals surface area contributed by atoms with Crippen LogP contribution in [-0.4, -0.2) is 47.2 Å². The van der Waals surface area contributed by atoms with Crippen molar-refractivity contribution in [1.82, 2.24) is 25.9 Å². The highest BCUT2D eigenvalue weighted by molar-refractivity contribution is 9.10. The molecule has 9 nitrogen and oxygen atoms in total. The van der Waals surface area contributed by atoms with Gasteiger partial charge < -0.3 is 32.5 Å². The molecule has 2 rings (SSSR count). The number of aromatic hydroxyl groups is 1. The van der Waals surface area contributed by atoms with E-state index in [9.17, 15) is 9.90 Å². The van der Waals surface area contributed by atoms with Gasteiger partial charge in [0.2, 0.25) is 0 Å². The van der Waals surface area contributed by atoms with Gasteiger partial charge in [0.15, 0.2) is 17.3 Å². The van der Waals surface area contributed by atoms with Crippen LogP contribution < -0.4 is 27.4 Å². The maximum atomic E-state index is 12.2. The molecule has 0 aliphatic rings. The Balaban J connectivity index is 1.65. The van der Waals surface area contributed by atoms with Crippen molar-refractivity contribution in [1.29, 1.82) is 0 Å².